The molecule has 0 nitrogen and oxygen atoms in total. The van der Waals surface area contributed by atoms with Crippen molar-refractivity contribution >= 4 is 0 Å². The zero-order valence-electron chi connectivity index (χ0n) is 11.7. The molecular weight excluding hydrogens is 204 g/mol. The minimum atomic E-state index is 0.928. The van der Waals surface area contributed by atoms with Crippen LogP contribution in [0.1, 0.15) is 34.1 Å². The normalized spacial score (nSPS) is 12.2. The van der Waals surface area contributed by atoms with E-state index in [0.717, 1.165) is 34.3 Å². The van der Waals surface area contributed by atoms with E-state index in [9.17, 15) is 0 Å². The topological polar surface area (TPSA) is 0 Å². The van der Waals surface area contributed by atoms with E-state index in [0.29, 0.717) is 0 Å². The first-order valence-electron chi connectivity index (χ1n) is 5.88. The zero-order valence-corrected chi connectivity index (χ0v) is 11.7. The van der Waals surface area contributed by atoms with E-state index in [1.165, 1.54) is 5.57 Å². The summed E-state index contributed by atoms with van der Waals surface area (Å²) in [6.45, 7) is 24.1. The maximum atomic E-state index is 4.05. The highest BCUT2D eigenvalue weighted by molar-refractivity contribution is 5.49. The third kappa shape index (κ3) is 5.35. The largest absolute Gasteiger partial charge is 0.0958 e. The Labute approximate surface area is 106 Å². The second-order valence-corrected chi connectivity index (χ2v) is 4.46. The quantitative estimate of drug-likeness (QED) is 0.524. The lowest BCUT2D eigenvalue weighted by atomic mass is 9.98. The second-order valence-electron chi connectivity index (χ2n) is 4.46. The molecule has 0 spiro atoms. The highest BCUT2D eigenvalue weighted by atomic mass is 14.1. The van der Waals surface area contributed by atoms with Crippen molar-refractivity contribution in [2.75, 3.05) is 0 Å². The molecule has 0 heteroatoms. The summed E-state index contributed by atoms with van der Waals surface area (Å²) in [4.78, 5) is 0. The molecule has 0 aliphatic carbocycles. The lowest BCUT2D eigenvalue weighted by Crippen LogP contribution is -1.87. The third-order valence-electron chi connectivity index (χ3n) is 2.75. The van der Waals surface area contributed by atoms with Gasteiger partial charge >= 0.3 is 0 Å². The van der Waals surface area contributed by atoms with Crippen molar-refractivity contribution in [1.29, 1.82) is 0 Å². The maximum absolute atomic E-state index is 4.05. The molecule has 0 aromatic rings. The smallest absolute Gasteiger partial charge is 0.0259 e. The van der Waals surface area contributed by atoms with Crippen molar-refractivity contribution in [2.24, 2.45) is 0 Å². The van der Waals surface area contributed by atoms with Crippen LogP contribution in [0.3, 0.4) is 0 Å². The van der Waals surface area contributed by atoms with E-state index in [4.69, 9.17) is 0 Å². The fraction of sp³-hybridized carbons (Fsp3) is 0.294. The van der Waals surface area contributed by atoms with Gasteiger partial charge < -0.3 is 0 Å². The van der Waals surface area contributed by atoms with E-state index >= 15 is 0 Å². The Hall–Kier alpha value is -1.56. The number of hydrogen-bond acceptors (Lipinski definition) is 0. The van der Waals surface area contributed by atoms with Crippen LogP contribution in [0, 0.1) is 0 Å². The maximum Gasteiger partial charge on any atom is -0.0259 e. The minimum Gasteiger partial charge on any atom is -0.0958 e. The highest BCUT2D eigenvalue weighted by Gasteiger charge is 2.00. The van der Waals surface area contributed by atoms with Gasteiger partial charge in [0.25, 0.3) is 0 Å². The van der Waals surface area contributed by atoms with Crippen LogP contribution in [0.5, 0.6) is 0 Å². The molecule has 0 atom stereocenters. The summed E-state index contributed by atoms with van der Waals surface area (Å²) in [5.41, 5.74) is 6.36. The van der Waals surface area contributed by atoms with Gasteiger partial charge in [-0.25, -0.2) is 0 Å². The highest BCUT2D eigenvalue weighted by Crippen LogP contribution is 2.19. The molecule has 0 heterocycles. The summed E-state index contributed by atoms with van der Waals surface area (Å²) < 4.78 is 0. The Morgan fingerprint density at radius 1 is 0.824 bits per heavy atom. The molecule has 0 aromatic carbocycles. The van der Waals surface area contributed by atoms with Gasteiger partial charge in [-0.1, -0.05) is 56.5 Å². The molecule has 0 aliphatic rings. The molecule has 92 valence electrons. The number of hydrogen-bond donors (Lipinski definition) is 0. The fourth-order valence-electron chi connectivity index (χ4n) is 1.31. The van der Waals surface area contributed by atoms with Gasteiger partial charge in [0.1, 0.15) is 0 Å². The number of allylic oxidation sites excluding steroid dienone is 8. The first-order valence-corrected chi connectivity index (χ1v) is 5.88. The lowest BCUT2D eigenvalue weighted by molar-refractivity contribution is 1.10. The molecule has 0 N–H and O–H groups in total. The molecule has 0 aromatic heterocycles. The van der Waals surface area contributed by atoms with Crippen molar-refractivity contribution < 1.29 is 0 Å². The average molecular weight is 228 g/mol. The predicted molar refractivity (Wildman–Crippen MR) is 80.0 cm³/mol. The van der Waals surface area contributed by atoms with Crippen molar-refractivity contribution in [3.05, 3.63) is 71.9 Å². The van der Waals surface area contributed by atoms with Gasteiger partial charge in [-0.05, 0) is 49.5 Å². The second kappa shape index (κ2) is 6.90. The van der Waals surface area contributed by atoms with Crippen molar-refractivity contribution in [2.45, 2.75) is 34.1 Å². The summed E-state index contributed by atoms with van der Waals surface area (Å²) in [7, 11) is 0. The molecule has 0 rings (SSSR count). The molecular formula is C17H24. The van der Waals surface area contributed by atoms with Crippen LogP contribution >= 0.6 is 0 Å². The zero-order chi connectivity index (χ0) is 13.6. The van der Waals surface area contributed by atoms with Crippen LogP contribution in [0.15, 0.2) is 71.9 Å². The van der Waals surface area contributed by atoms with Crippen LogP contribution in [0.2, 0.25) is 0 Å². The van der Waals surface area contributed by atoms with Gasteiger partial charge in [0, 0.05) is 0 Å². The standard InChI is InChI=1S/C17H24/c1-9-17(13(4)5)11-16(8)15(7)10-14(6)12(2)3/h10-11H,2,4,7-9H2,1,3,5-6H3/b14-10-,17-11-. The lowest BCUT2D eigenvalue weighted by Gasteiger charge is -2.07. The molecule has 0 radical (unpaired) electrons. The average Bonchev–Trinajstić information content (AvgIpc) is 2.24. The third-order valence-corrected chi connectivity index (χ3v) is 2.75. The monoisotopic (exact) mass is 228 g/mol. The minimum absolute atomic E-state index is 0.928. The van der Waals surface area contributed by atoms with Gasteiger partial charge in [0.05, 0.1) is 0 Å². The SMILES string of the molecule is C=C(/C=C(/C)C(=C)C)C(=C)/C=C(/CC)C(=C)C. The van der Waals surface area contributed by atoms with Crippen LogP contribution in [0.25, 0.3) is 0 Å². The molecule has 0 saturated heterocycles. The summed E-state index contributed by atoms with van der Waals surface area (Å²) in [5, 5.41) is 0. The Morgan fingerprint density at radius 3 is 1.65 bits per heavy atom. The van der Waals surface area contributed by atoms with E-state index in [2.05, 4.69) is 39.3 Å². The van der Waals surface area contributed by atoms with Crippen molar-refractivity contribution in [3.8, 4) is 0 Å². The van der Waals surface area contributed by atoms with Gasteiger partial charge in [-0.2, -0.15) is 0 Å². The Morgan fingerprint density at radius 2 is 1.29 bits per heavy atom. The summed E-state index contributed by atoms with van der Waals surface area (Å²) in [5.74, 6) is 0. The van der Waals surface area contributed by atoms with Crippen LogP contribution in [-0.2, 0) is 0 Å². The summed E-state index contributed by atoms with van der Waals surface area (Å²) in [6.07, 6.45) is 5.05. The molecule has 0 unspecified atom stereocenters. The van der Waals surface area contributed by atoms with Gasteiger partial charge in [0.2, 0.25) is 0 Å². The van der Waals surface area contributed by atoms with Gasteiger partial charge in [0.15, 0.2) is 0 Å². The molecule has 0 bridgehead atoms. The van der Waals surface area contributed by atoms with Crippen molar-refractivity contribution in [3.63, 3.8) is 0 Å². The van der Waals surface area contributed by atoms with E-state index < -0.39 is 0 Å². The first-order chi connectivity index (χ1) is 7.79. The Kier molecular flexibility index (Phi) is 6.27. The first kappa shape index (κ1) is 15.4. The van der Waals surface area contributed by atoms with Crippen LogP contribution < -0.4 is 0 Å². The van der Waals surface area contributed by atoms with Crippen molar-refractivity contribution in [1.82, 2.24) is 0 Å². The summed E-state index contributed by atoms with van der Waals surface area (Å²) >= 11 is 0. The van der Waals surface area contributed by atoms with E-state index in [1.54, 1.807) is 0 Å². The predicted octanol–water partition coefficient (Wildman–Crippen LogP) is 5.53. The molecule has 0 aliphatic heterocycles. The molecule has 0 amide bonds. The van der Waals surface area contributed by atoms with E-state index in [1.807, 2.05) is 26.8 Å². The molecule has 0 saturated carbocycles. The molecule has 17 heavy (non-hydrogen) atoms. The van der Waals surface area contributed by atoms with Gasteiger partial charge in [-0.3, -0.25) is 0 Å². The van der Waals surface area contributed by atoms with E-state index in [-0.39, 0.29) is 0 Å². The fourth-order valence-corrected chi connectivity index (χ4v) is 1.31. The Bertz CT molecular complexity index is 411. The van der Waals surface area contributed by atoms with Crippen LogP contribution in [-0.4, -0.2) is 0 Å². The van der Waals surface area contributed by atoms with Crippen LogP contribution in [0.4, 0.5) is 0 Å². The Balaban J connectivity index is 4.97. The molecule has 0 fully saturated rings. The summed E-state index contributed by atoms with van der Waals surface area (Å²) in [6, 6.07) is 0. The van der Waals surface area contributed by atoms with Gasteiger partial charge in [-0.15, -0.1) is 0 Å². The number of rotatable bonds is 6.